The molecule has 1 saturated carbocycles. The quantitative estimate of drug-likeness (QED) is 0.572. The van der Waals surface area contributed by atoms with Crippen molar-refractivity contribution in [2.24, 2.45) is 5.92 Å². The van der Waals surface area contributed by atoms with Crippen molar-refractivity contribution in [1.29, 1.82) is 0 Å². The summed E-state index contributed by atoms with van der Waals surface area (Å²) >= 11 is 0. The molecule has 1 heterocycles. The van der Waals surface area contributed by atoms with Crippen LogP contribution in [0.4, 0.5) is 0 Å². The minimum atomic E-state index is 0.317. The lowest BCUT2D eigenvalue weighted by Gasteiger charge is -2.37. The van der Waals surface area contributed by atoms with Gasteiger partial charge in [0.25, 0.3) is 0 Å². The molecular weight excluding hydrogens is 148 g/mol. The number of hydrogen-bond acceptors (Lipinski definition) is 2. The molecule has 2 heteroatoms. The zero-order chi connectivity index (χ0) is 8.60. The maximum atomic E-state index is 3.69. The lowest BCUT2D eigenvalue weighted by atomic mass is 9.82. The first-order chi connectivity index (χ1) is 5.70. The van der Waals surface area contributed by atoms with Crippen molar-refractivity contribution in [3.63, 3.8) is 0 Å². The van der Waals surface area contributed by atoms with Gasteiger partial charge < -0.3 is 0 Å². The summed E-state index contributed by atoms with van der Waals surface area (Å²) < 4.78 is 0. The van der Waals surface area contributed by atoms with E-state index in [0.717, 1.165) is 12.5 Å². The van der Waals surface area contributed by atoms with Gasteiger partial charge in [-0.15, -0.1) is 0 Å². The molecule has 0 aromatic carbocycles. The highest BCUT2D eigenvalue weighted by molar-refractivity contribution is 4.97. The first-order valence-electron chi connectivity index (χ1n) is 5.23. The monoisotopic (exact) mass is 168 g/mol. The maximum Gasteiger partial charge on any atom is 0.0692 e. The molecule has 1 saturated heterocycles. The molecule has 2 fully saturated rings. The van der Waals surface area contributed by atoms with Crippen molar-refractivity contribution in [3.8, 4) is 0 Å². The van der Waals surface area contributed by atoms with Crippen LogP contribution in [0.15, 0.2) is 0 Å². The van der Waals surface area contributed by atoms with Crippen LogP contribution in [0.3, 0.4) is 0 Å². The van der Waals surface area contributed by atoms with E-state index in [4.69, 9.17) is 0 Å². The van der Waals surface area contributed by atoms with Crippen molar-refractivity contribution in [2.75, 3.05) is 6.54 Å². The van der Waals surface area contributed by atoms with E-state index < -0.39 is 0 Å². The Bertz CT molecular complexity index is 165. The molecule has 1 aliphatic carbocycles. The van der Waals surface area contributed by atoms with Crippen molar-refractivity contribution in [3.05, 3.63) is 0 Å². The van der Waals surface area contributed by atoms with Crippen molar-refractivity contribution < 1.29 is 0 Å². The Balaban J connectivity index is 2.00. The predicted octanol–water partition coefficient (Wildman–Crippen LogP) is 1.47. The third-order valence-corrected chi connectivity index (χ3v) is 3.27. The van der Waals surface area contributed by atoms with Gasteiger partial charge in [-0.3, -0.25) is 10.6 Å². The minimum absolute atomic E-state index is 0.317. The van der Waals surface area contributed by atoms with Gasteiger partial charge in [0.15, 0.2) is 0 Å². The predicted molar refractivity (Wildman–Crippen MR) is 51.0 cm³/mol. The summed E-state index contributed by atoms with van der Waals surface area (Å²) in [5.74, 6) is 0.893. The Morgan fingerprint density at radius 3 is 2.75 bits per heavy atom. The molecule has 12 heavy (non-hydrogen) atoms. The van der Waals surface area contributed by atoms with Crippen molar-refractivity contribution in [2.45, 2.75) is 51.2 Å². The molecule has 2 nitrogen and oxygen atoms in total. The highest BCUT2D eigenvalue weighted by Gasteiger charge is 2.39. The molecule has 0 aromatic heterocycles. The molecule has 70 valence electrons. The molecule has 2 aliphatic rings. The normalized spacial score (nSPS) is 48.5. The standard InChI is InChI=1S/C10H20N2/c1-8-4-3-5-10(6-8)11-7-9(2)12-10/h8-9,11-12H,3-7H2,1-2H3/t8-,9+,10+/m0/s1. The van der Waals surface area contributed by atoms with Crippen LogP contribution in [0, 0.1) is 5.92 Å². The Hall–Kier alpha value is -0.0800. The largest absolute Gasteiger partial charge is 0.298 e. The van der Waals surface area contributed by atoms with Gasteiger partial charge in [0.1, 0.15) is 0 Å². The van der Waals surface area contributed by atoms with E-state index in [1.165, 1.54) is 25.7 Å². The van der Waals surface area contributed by atoms with E-state index >= 15 is 0 Å². The average molecular weight is 168 g/mol. The fourth-order valence-electron chi connectivity index (χ4n) is 2.77. The summed E-state index contributed by atoms with van der Waals surface area (Å²) in [5, 5.41) is 7.33. The zero-order valence-electron chi connectivity index (χ0n) is 8.19. The van der Waals surface area contributed by atoms with Crippen LogP contribution in [-0.2, 0) is 0 Å². The molecule has 1 aliphatic heterocycles. The summed E-state index contributed by atoms with van der Waals surface area (Å²) in [5.41, 5.74) is 0.317. The smallest absolute Gasteiger partial charge is 0.0692 e. The lowest BCUT2D eigenvalue weighted by Crippen LogP contribution is -2.52. The third kappa shape index (κ3) is 1.50. The van der Waals surface area contributed by atoms with Crippen LogP contribution in [0.2, 0.25) is 0 Å². The van der Waals surface area contributed by atoms with Gasteiger partial charge in [0, 0.05) is 12.6 Å². The van der Waals surface area contributed by atoms with Crippen molar-refractivity contribution in [1.82, 2.24) is 10.6 Å². The fraction of sp³-hybridized carbons (Fsp3) is 1.00. The second kappa shape index (κ2) is 3.00. The molecule has 1 spiro atoms. The van der Waals surface area contributed by atoms with Crippen LogP contribution < -0.4 is 10.6 Å². The van der Waals surface area contributed by atoms with Crippen LogP contribution in [0.25, 0.3) is 0 Å². The van der Waals surface area contributed by atoms with Gasteiger partial charge in [-0.25, -0.2) is 0 Å². The van der Waals surface area contributed by atoms with Gasteiger partial charge in [0.05, 0.1) is 5.66 Å². The second-order valence-corrected chi connectivity index (χ2v) is 4.71. The topological polar surface area (TPSA) is 24.1 Å². The fourth-order valence-corrected chi connectivity index (χ4v) is 2.77. The minimum Gasteiger partial charge on any atom is -0.298 e. The number of nitrogens with one attached hydrogen (secondary N) is 2. The van der Waals surface area contributed by atoms with E-state index in [2.05, 4.69) is 24.5 Å². The van der Waals surface area contributed by atoms with E-state index in [1.807, 2.05) is 0 Å². The summed E-state index contributed by atoms with van der Waals surface area (Å²) in [6.45, 7) is 5.78. The molecule has 0 radical (unpaired) electrons. The molecule has 0 amide bonds. The summed E-state index contributed by atoms with van der Waals surface area (Å²) in [7, 11) is 0. The number of rotatable bonds is 0. The van der Waals surface area contributed by atoms with E-state index in [1.54, 1.807) is 0 Å². The second-order valence-electron chi connectivity index (χ2n) is 4.71. The highest BCUT2D eigenvalue weighted by atomic mass is 15.3. The van der Waals surface area contributed by atoms with E-state index in [9.17, 15) is 0 Å². The lowest BCUT2D eigenvalue weighted by molar-refractivity contribution is 0.183. The Morgan fingerprint density at radius 1 is 1.33 bits per heavy atom. The van der Waals surface area contributed by atoms with Gasteiger partial charge in [-0.1, -0.05) is 19.8 Å². The van der Waals surface area contributed by atoms with Gasteiger partial charge >= 0.3 is 0 Å². The third-order valence-electron chi connectivity index (χ3n) is 3.27. The van der Waals surface area contributed by atoms with Gasteiger partial charge in [-0.05, 0) is 25.7 Å². The van der Waals surface area contributed by atoms with E-state index in [-0.39, 0.29) is 0 Å². The van der Waals surface area contributed by atoms with Crippen LogP contribution in [0.1, 0.15) is 39.5 Å². The molecule has 0 aromatic rings. The molecule has 2 rings (SSSR count). The first-order valence-corrected chi connectivity index (χ1v) is 5.23. The molecule has 0 bridgehead atoms. The molecular formula is C10H20N2. The molecule has 3 atom stereocenters. The Kier molecular flexibility index (Phi) is 2.13. The summed E-state index contributed by atoms with van der Waals surface area (Å²) in [6, 6.07) is 0.662. The van der Waals surface area contributed by atoms with Crippen LogP contribution >= 0.6 is 0 Å². The summed E-state index contributed by atoms with van der Waals surface area (Å²) in [4.78, 5) is 0. The van der Waals surface area contributed by atoms with Crippen LogP contribution in [0.5, 0.6) is 0 Å². The molecule has 2 N–H and O–H groups in total. The number of hydrogen-bond donors (Lipinski definition) is 2. The maximum absolute atomic E-state index is 3.69. The SMILES string of the molecule is C[C@H]1CCC[C@@]2(C1)NC[C@@H](C)N2. The van der Waals surface area contributed by atoms with Crippen molar-refractivity contribution >= 4 is 0 Å². The zero-order valence-corrected chi connectivity index (χ0v) is 8.19. The Morgan fingerprint density at radius 2 is 2.17 bits per heavy atom. The molecule has 0 unspecified atom stereocenters. The highest BCUT2D eigenvalue weighted by Crippen LogP contribution is 2.32. The average Bonchev–Trinajstić information content (AvgIpc) is 2.32. The van der Waals surface area contributed by atoms with Crippen LogP contribution in [-0.4, -0.2) is 18.2 Å². The van der Waals surface area contributed by atoms with Gasteiger partial charge in [0.2, 0.25) is 0 Å². The van der Waals surface area contributed by atoms with Gasteiger partial charge in [-0.2, -0.15) is 0 Å². The first kappa shape index (κ1) is 8.52. The Labute approximate surface area is 75.1 Å². The van der Waals surface area contributed by atoms with E-state index in [0.29, 0.717) is 11.7 Å². The summed E-state index contributed by atoms with van der Waals surface area (Å²) in [6.07, 6.45) is 5.44.